The molecule has 0 aliphatic rings. The van der Waals surface area contributed by atoms with Crippen molar-refractivity contribution in [3.63, 3.8) is 0 Å². The molecule has 0 bridgehead atoms. The molecular weight excluding hydrogens is 244 g/mol. The highest BCUT2D eigenvalue weighted by Gasteiger charge is 2.22. The van der Waals surface area contributed by atoms with Crippen LogP contribution in [0.15, 0.2) is 18.2 Å². The van der Waals surface area contributed by atoms with Crippen molar-refractivity contribution < 1.29 is 0 Å². The van der Waals surface area contributed by atoms with Crippen LogP contribution in [-0.4, -0.2) is 24.0 Å². The maximum atomic E-state index is 6.02. The summed E-state index contributed by atoms with van der Waals surface area (Å²) in [7, 11) is 0. The molecule has 2 unspecified atom stereocenters. The lowest BCUT2D eigenvalue weighted by atomic mass is 9.98. The van der Waals surface area contributed by atoms with Crippen molar-refractivity contribution in [2.75, 3.05) is 13.1 Å². The topological polar surface area (TPSA) is 29.3 Å². The third-order valence-electron chi connectivity index (χ3n) is 3.74. The summed E-state index contributed by atoms with van der Waals surface area (Å²) in [6, 6.07) is 6.90. The fourth-order valence-corrected chi connectivity index (χ4v) is 2.75. The third kappa shape index (κ3) is 3.47. The van der Waals surface area contributed by atoms with E-state index in [1.54, 1.807) is 0 Å². The zero-order valence-electron chi connectivity index (χ0n) is 11.9. The quantitative estimate of drug-likeness (QED) is 0.851. The average molecular weight is 269 g/mol. The van der Waals surface area contributed by atoms with E-state index >= 15 is 0 Å². The Morgan fingerprint density at radius 2 is 2.00 bits per heavy atom. The van der Waals surface area contributed by atoms with E-state index in [1.807, 2.05) is 12.1 Å². The second kappa shape index (κ2) is 7.13. The molecule has 0 aromatic heterocycles. The number of rotatable bonds is 6. The zero-order chi connectivity index (χ0) is 13.7. The van der Waals surface area contributed by atoms with Crippen LogP contribution in [0.25, 0.3) is 0 Å². The molecule has 0 amide bonds. The first kappa shape index (κ1) is 15.5. The Labute approximate surface area is 116 Å². The van der Waals surface area contributed by atoms with Crippen molar-refractivity contribution in [2.24, 2.45) is 5.73 Å². The van der Waals surface area contributed by atoms with Gasteiger partial charge >= 0.3 is 0 Å². The van der Waals surface area contributed by atoms with Gasteiger partial charge in [0.2, 0.25) is 0 Å². The van der Waals surface area contributed by atoms with Crippen LogP contribution in [0, 0.1) is 6.92 Å². The summed E-state index contributed by atoms with van der Waals surface area (Å²) in [5.41, 5.74) is 8.52. The molecule has 0 saturated carbocycles. The summed E-state index contributed by atoms with van der Waals surface area (Å²) >= 11 is 6.02. The molecule has 1 rings (SSSR count). The summed E-state index contributed by atoms with van der Waals surface area (Å²) in [5, 5.41) is 0.790. The SMILES string of the molecule is CCC(C)N(CC)C(CN)c1ccc(Cl)cc1C. The van der Waals surface area contributed by atoms with E-state index in [2.05, 4.69) is 38.7 Å². The van der Waals surface area contributed by atoms with Crippen molar-refractivity contribution in [1.82, 2.24) is 4.90 Å². The molecule has 102 valence electrons. The molecule has 0 saturated heterocycles. The van der Waals surface area contributed by atoms with Crippen LogP contribution in [0.1, 0.15) is 44.4 Å². The van der Waals surface area contributed by atoms with Gasteiger partial charge in [-0.3, -0.25) is 4.90 Å². The Morgan fingerprint density at radius 1 is 1.33 bits per heavy atom. The molecule has 0 heterocycles. The minimum Gasteiger partial charge on any atom is -0.329 e. The number of likely N-dealkylation sites (N-methyl/N-ethyl adjacent to an activating group) is 1. The summed E-state index contributed by atoms with van der Waals surface area (Å²) in [4.78, 5) is 2.47. The van der Waals surface area contributed by atoms with E-state index in [-0.39, 0.29) is 6.04 Å². The Bertz CT molecular complexity index is 379. The number of hydrogen-bond donors (Lipinski definition) is 1. The Hall–Kier alpha value is -0.570. The lowest BCUT2D eigenvalue weighted by Gasteiger charge is -2.35. The number of benzene rings is 1. The predicted molar refractivity (Wildman–Crippen MR) is 80.1 cm³/mol. The molecule has 0 aliphatic heterocycles. The smallest absolute Gasteiger partial charge is 0.0475 e. The van der Waals surface area contributed by atoms with Gasteiger partial charge in [-0.15, -0.1) is 0 Å². The van der Waals surface area contributed by atoms with Gasteiger partial charge in [0.15, 0.2) is 0 Å². The van der Waals surface area contributed by atoms with E-state index in [0.29, 0.717) is 12.6 Å². The van der Waals surface area contributed by atoms with Crippen LogP contribution in [-0.2, 0) is 0 Å². The molecule has 0 spiro atoms. The fraction of sp³-hybridized carbons (Fsp3) is 0.600. The highest BCUT2D eigenvalue weighted by Crippen LogP contribution is 2.27. The second-order valence-electron chi connectivity index (χ2n) is 4.84. The van der Waals surface area contributed by atoms with Gasteiger partial charge in [-0.05, 0) is 50.1 Å². The van der Waals surface area contributed by atoms with Crippen molar-refractivity contribution in [3.8, 4) is 0 Å². The predicted octanol–water partition coefficient (Wildman–Crippen LogP) is 3.77. The molecule has 1 aromatic rings. The van der Waals surface area contributed by atoms with Crippen molar-refractivity contribution in [1.29, 1.82) is 0 Å². The average Bonchev–Trinajstić information content (AvgIpc) is 2.36. The first-order chi connectivity index (χ1) is 8.54. The molecule has 2 atom stereocenters. The van der Waals surface area contributed by atoms with Gasteiger partial charge in [-0.2, -0.15) is 0 Å². The molecule has 0 fully saturated rings. The lowest BCUT2D eigenvalue weighted by molar-refractivity contribution is 0.151. The van der Waals surface area contributed by atoms with E-state index in [9.17, 15) is 0 Å². The van der Waals surface area contributed by atoms with Gasteiger partial charge < -0.3 is 5.73 Å². The maximum absolute atomic E-state index is 6.02. The number of nitrogens with zero attached hydrogens (tertiary/aromatic N) is 1. The standard InChI is InChI=1S/C15H25ClN2/c1-5-12(4)18(6-2)15(10-17)14-8-7-13(16)9-11(14)3/h7-9,12,15H,5-6,10,17H2,1-4H3. The molecular formula is C15H25ClN2. The van der Waals surface area contributed by atoms with Crippen LogP contribution in [0.4, 0.5) is 0 Å². The van der Waals surface area contributed by atoms with E-state index in [0.717, 1.165) is 18.0 Å². The summed E-state index contributed by atoms with van der Waals surface area (Å²) in [6.07, 6.45) is 1.14. The number of hydrogen-bond acceptors (Lipinski definition) is 2. The zero-order valence-corrected chi connectivity index (χ0v) is 12.7. The molecule has 3 heteroatoms. The molecule has 2 N–H and O–H groups in total. The Kier molecular flexibility index (Phi) is 6.13. The summed E-state index contributed by atoms with van der Waals surface area (Å²) in [6.45, 7) is 10.4. The van der Waals surface area contributed by atoms with Gasteiger partial charge in [-0.25, -0.2) is 0 Å². The van der Waals surface area contributed by atoms with E-state index in [4.69, 9.17) is 17.3 Å². The largest absolute Gasteiger partial charge is 0.329 e. The van der Waals surface area contributed by atoms with Gasteiger partial charge in [0.25, 0.3) is 0 Å². The first-order valence-corrected chi connectivity index (χ1v) is 7.14. The normalized spacial score (nSPS) is 14.8. The van der Waals surface area contributed by atoms with Crippen LogP contribution in [0.5, 0.6) is 0 Å². The van der Waals surface area contributed by atoms with Crippen molar-refractivity contribution >= 4 is 11.6 Å². The van der Waals surface area contributed by atoms with Gasteiger partial charge in [-0.1, -0.05) is 31.5 Å². The molecule has 2 nitrogen and oxygen atoms in total. The van der Waals surface area contributed by atoms with Gasteiger partial charge in [0, 0.05) is 23.7 Å². The number of aryl methyl sites for hydroxylation is 1. The maximum Gasteiger partial charge on any atom is 0.0475 e. The minimum atomic E-state index is 0.280. The Balaban J connectivity index is 3.07. The summed E-state index contributed by atoms with van der Waals surface area (Å²) in [5.74, 6) is 0. The molecule has 1 aromatic carbocycles. The van der Waals surface area contributed by atoms with Crippen molar-refractivity contribution in [2.45, 2.75) is 46.2 Å². The highest BCUT2D eigenvalue weighted by molar-refractivity contribution is 6.30. The lowest BCUT2D eigenvalue weighted by Crippen LogP contribution is -2.40. The van der Waals surface area contributed by atoms with Gasteiger partial charge in [0.05, 0.1) is 0 Å². The van der Waals surface area contributed by atoms with E-state index < -0.39 is 0 Å². The van der Waals surface area contributed by atoms with Gasteiger partial charge in [0.1, 0.15) is 0 Å². The van der Waals surface area contributed by atoms with Crippen LogP contribution >= 0.6 is 11.6 Å². The van der Waals surface area contributed by atoms with Crippen LogP contribution in [0.2, 0.25) is 5.02 Å². The molecule has 0 aliphatic carbocycles. The summed E-state index contributed by atoms with van der Waals surface area (Å²) < 4.78 is 0. The van der Waals surface area contributed by atoms with Crippen LogP contribution < -0.4 is 5.73 Å². The highest BCUT2D eigenvalue weighted by atomic mass is 35.5. The van der Waals surface area contributed by atoms with Crippen LogP contribution in [0.3, 0.4) is 0 Å². The first-order valence-electron chi connectivity index (χ1n) is 6.76. The second-order valence-corrected chi connectivity index (χ2v) is 5.28. The number of halogens is 1. The monoisotopic (exact) mass is 268 g/mol. The van der Waals surface area contributed by atoms with E-state index in [1.165, 1.54) is 11.1 Å². The third-order valence-corrected chi connectivity index (χ3v) is 3.97. The van der Waals surface area contributed by atoms with Crippen molar-refractivity contribution in [3.05, 3.63) is 34.3 Å². The number of nitrogens with two attached hydrogens (primary N) is 1. The fourth-order valence-electron chi connectivity index (χ4n) is 2.53. The minimum absolute atomic E-state index is 0.280. The molecule has 0 radical (unpaired) electrons. The molecule has 18 heavy (non-hydrogen) atoms. The Morgan fingerprint density at radius 3 is 2.44 bits per heavy atom.